The summed E-state index contributed by atoms with van der Waals surface area (Å²) in [6.07, 6.45) is 1.14. The fraction of sp³-hybridized carbons (Fsp3) is 0.435. The van der Waals surface area contributed by atoms with Crippen LogP contribution in [0, 0.1) is 13.8 Å². The van der Waals surface area contributed by atoms with Crippen LogP contribution in [0.15, 0.2) is 41.3 Å². The van der Waals surface area contributed by atoms with Crippen molar-refractivity contribution in [2.75, 3.05) is 19.0 Å². The number of nitrogens with one attached hydrogen (secondary N) is 1. The van der Waals surface area contributed by atoms with Crippen molar-refractivity contribution in [3.63, 3.8) is 0 Å². The molecule has 3 rings (SSSR count). The Hall–Kier alpha value is -2.38. The van der Waals surface area contributed by atoms with Crippen LogP contribution in [0.25, 0.3) is 0 Å². The summed E-state index contributed by atoms with van der Waals surface area (Å²) < 4.78 is 33.4. The molecule has 6 nitrogen and oxygen atoms in total. The van der Waals surface area contributed by atoms with Crippen molar-refractivity contribution < 1.29 is 17.9 Å². The summed E-state index contributed by atoms with van der Waals surface area (Å²) in [6, 6.07) is 10.2. The molecule has 1 aliphatic heterocycles. The zero-order chi connectivity index (χ0) is 22.1. The molecule has 1 N–H and O–H groups in total. The molecule has 0 bridgehead atoms. The highest BCUT2D eigenvalue weighted by atomic mass is 32.2. The third-order valence-electron chi connectivity index (χ3n) is 5.66. The summed E-state index contributed by atoms with van der Waals surface area (Å²) >= 11 is 0. The number of amides is 1. The van der Waals surface area contributed by atoms with Crippen LogP contribution in [0.2, 0.25) is 0 Å². The fourth-order valence-electron chi connectivity index (χ4n) is 3.95. The van der Waals surface area contributed by atoms with E-state index >= 15 is 0 Å². The maximum absolute atomic E-state index is 13.4. The fourth-order valence-corrected chi connectivity index (χ4v) is 5.85. The molecule has 0 spiro atoms. The van der Waals surface area contributed by atoms with Gasteiger partial charge in [0.05, 0.1) is 12.0 Å². The number of hydrogen-bond acceptors (Lipinski definition) is 4. The topological polar surface area (TPSA) is 75.7 Å². The lowest BCUT2D eigenvalue weighted by molar-refractivity contribution is -0.119. The Morgan fingerprint density at radius 3 is 2.57 bits per heavy atom. The van der Waals surface area contributed by atoms with Crippen LogP contribution in [0.1, 0.15) is 49.3 Å². The molecule has 0 aliphatic carbocycles. The van der Waals surface area contributed by atoms with Gasteiger partial charge in [-0.1, -0.05) is 38.1 Å². The second-order valence-corrected chi connectivity index (χ2v) is 9.95. The Morgan fingerprint density at radius 2 is 1.90 bits per heavy atom. The molecule has 7 heteroatoms. The number of para-hydroxylation sites is 1. The molecular weight excluding hydrogens is 400 g/mol. The largest absolute Gasteiger partial charge is 0.497 e. The van der Waals surface area contributed by atoms with Crippen molar-refractivity contribution in [3.05, 3.63) is 53.1 Å². The summed E-state index contributed by atoms with van der Waals surface area (Å²) in [5, 5.41) is 3.02. The van der Waals surface area contributed by atoms with Gasteiger partial charge in [-0.05, 0) is 55.4 Å². The number of ether oxygens (including phenoxy) is 1. The minimum absolute atomic E-state index is 0.181. The first-order valence-electron chi connectivity index (χ1n) is 10.2. The van der Waals surface area contributed by atoms with E-state index in [1.165, 1.54) is 17.5 Å². The highest BCUT2D eigenvalue weighted by Gasteiger charge is 2.40. The molecule has 2 aromatic carbocycles. The van der Waals surface area contributed by atoms with E-state index in [2.05, 4.69) is 19.2 Å². The average molecular weight is 431 g/mol. The zero-order valence-electron chi connectivity index (χ0n) is 18.2. The molecule has 0 aromatic heterocycles. The van der Waals surface area contributed by atoms with Crippen LogP contribution in [0.4, 0.5) is 5.69 Å². The van der Waals surface area contributed by atoms with E-state index in [1.54, 1.807) is 19.1 Å². The highest BCUT2D eigenvalue weighted by molar-refractivity contribution is 7.89. The van der Waals surface area contributed by atoms with Gasteiger partial charge in [0.2, 0.25) is 15.9 Å². The number of methoxy groups -OCH3 is 1. The van der Waals surface area contributed by atoms with E-state index < -0.39 is 16.1 Å². The highest BCUT2D eigenvalue weighted by Crippen LogP contribution is 2.32. The standard InChI is InChI=1S/C23H30N2O4S/c1-15(2)19-9-6-8-17(4)22(19)24-23(26)20-10-7-13-25(20)30(27,28)21-14-18(29-5)12-11-16(21)3/h6,8-9,11-12,14-15,20H,7,10,13H2,1-5H3,(H,24,26)/t20-/m1/s1. The van der Waals surface area contributed by atoms with Crippen molar-refractivity contribution in [1.29, 1.82) is 0 Å². The molecule has 1 atom stereocenters. The lowest BCUT2D eigenvalue weighted by Crippen LogP contribution is -2.43. The molecule has 1 aliphatic rings. The van der Waals surface area contributed by atoms with E-state index in [4.69, 9.17) is 4.74 Å². The number of sulfonamides is 1. The van der Waals surface area contributed by atoms with Crippen LogP contribution >= 0.6 is 0 Å². The summed E-state index contributed by atoms with van der Waals surface area (Å²) in [6.45, 7) is 8.16. The van der Waals surface area contributed by atoms with Gasteiger partial charge in [-0.25, -0.2) is 8.42 Å². The van der Waals surface area contributed by atoms with Crippen LogP contribution < -0.4 is 10.1 Å². The van der Waals surface area contributed by atoms with E-state index in [9.17, 15) is 13.2 Å². The number of nitrogens with zero attached hydrogens (tertiary/aromatic N) is 1. The quantitative estimate of drug-likeness (QED) is 0.744. The van der Waals surface area contributed by atoms with Crippen molar-refractivity contribution in [2.24, 2.45) is 0 Å². The maximum atomic E-state index is 13.4. The summed E-state index contributed by atoms with van der Waals surface area (Å²) in [5.74, 6) is 0.428. The predicted octanol–water partition coefficient (Wildman–Crippen LogP) is 4.23. The normalized spacial score (nSPS) is 17.3. The lowest BCUT2D eigenvalue weighted by Gasteiger charge is -2.25. The second kappa shape index (κ2) is 8.78. The summed E-state index contributed by atoms with van der Waals surface area (Å²) in [7, 11) is -2.33. The predicted molar refractivity (Wildman–Crippen MR) is 119 cm³/mol. The van der Waals surface area contributed by atoms with Crippen molar-refractivity contribution in [2.45, 2.75) is 57.4 Å². The third kappa shape index (κ3) is 4.23. The van der Waals surface area contributed by atoms with Gasteiger partial charge in [-0.15, -0.1) is 0 Å². The smallest absolute Gasteiger partial charge is 0.244 e. The van der Waals surface area contributed by atoms with Crippen LogP contribution in [-0.2, 0) is 14.8 Å². The van der Waals surface area contributed by atoms with E-state index in [0.717, 1.165) is 16.8 Å². The number of anilines is 1. The van der Waals surface area contributed by atoms with Gasteiger partial charge in [0, 0.05) is 18.3 Å². The Balaban J connectivity index is 1.92. The molecular formula is C23H30N2O4S. The first-order valence-corrected chi connectivity index (χ1v) is 11.7. The second-order valence-electron chi connectivity index (χ2n) is 8.09. The number of carbonyl (C=O) groups excluding carboxylic acids is 1. The number of hydrogen-bond donors (Lipinski definition) is 1. The maximum Gasteiger partial charge on any atom is 0.244 e. The number of aryl methyl sites for hydroxylation is 2. The first kappa shape index (κ1) is 22.3. The summed E-state index contributed by atoms with van der Waals surface area (Å²) in [4.78, 5) is 13.4. The Morgan fingerprint density at radius 1 is 1.17 bits per heavy atom. The van der Waals surface area contributed by atoms with E-state index in [0.29, 0.717) is 30.7 Å². The zero-order valence-corrected chi connectivity index (χ0v) is 19.0. The minimum Gasteiger partial charge on any atom is -0.497 e. The molecule has 1 amide bonds. The van der Waals surface area contributed by atoms with Gasteiger partial charge in [0.15, 0.2) is 0 Å². The molecule has 0 radical (unpaired) electrons. The van der Waals surface area contributed by atoms with Gasteiger partial charge >= 0.3 is 0 Å². The molecule has 1 saturated heterocycles. The number of carbonyl (C=O) groups is 1. The van der Waals surface area contributed by atoms with Gasteiger partial charge in [-0.2, -0.15) is 4.31 Å². The molecule has 0 saturated carbocycles. The Kier molecular flexibility index (Phi) is 6.53. The van der Waals surface area contributed by atoms with Gasteiger partial charge in [-0.3, -0.25) is 4.79 Å². The average Bonchev–Trinajstić information content (AvgIpc) is 3.20. The van der Waals surface area contributed by atoms with Crippen LogP contribution in [0.5, 0.6) is 5.75 Å². The van der Waals surface area contributed by atoms with E-state index in [-0.39, 0.29) is 16.7 Å². The monoisotopic (exact) mass is 430 g/mol. The number of rotatable bonds is 6. The number of benzene rings is 2. The Bertz CT molecular complexity index is 1050. The van der Waals surface area contributed by atoms with Crippen molar-refractivity contribution in [3.8, 4) is 5.75 Å². The van der Waals surface area contributed by atoms with Gasteiger partial charge in [0.1, 0.15) is 11.8 Å². The van der Waals surface area contributed by atoms with Crippen molar-refractivity contribution in [1.82, 2.24) is 4.31 Å². The van der Waals surface area contributed by atoms with Crippen LogP contribution in [0.3, 0.4) is 0 Å². The summed E-state index contributed by atoms with van der Waals surface area (Å²) in [5.41, 5.74) is 3.41. The Labute approximate surface area is 179 Å². The van der Waals surface area contributed by atoms with Crippen LogP contribution in [-0.4, -0.2) is 38.3 Å². The molecule has 1 heterocycles. The molecule has 1 fully saturated rings. The lowest BCUT2D eigenvalue weighted by atomic mass is 9.98. The van der Waals surface area contributed by atoms with Gasteiger partial charge < -0.3 is 10.1 Å². The van der Waals surface area contributed by atoms with Gasteiger partial charge in [0.25, 0.3) is 0 Å². The SMILES string of the molecule is COc1ccc(C)c(S(=O)(=O)N2CCC[C@@H]2C(=O)Nc2c(C)cccc2C(C)C)c1. The van der Waals surface area contributed by atoms with Crippen molar-refractivity contribution >= 4 is 21.6 Å². The minimum atomic E-state index is -3.83. The molecule has 0 unspecified atom stereocenters. The van der Waals surface area contributed by atoms with E-state index in [1.807, 2.05) is 25.1 Å². The first-order chi connectivity index (χ1) is 14.2. The third-order valence-corrected chi connectivity index (χ3v) is 7.71. The molecule has 162 valence electrons. The molecule has 30 heavy (non-hydrogen) atoms. The molecule has 2 aromatic rings.